The maximum absolute atomic E-state index is 14.5. The van der Waals surface area contributed by atoms with Gasteiger partial charge in [0, 0.05) is 63.1 Å². The zero-order chi connectivity index (χ0) is 51.6. The number of amides is 7. The molecular formula is C52H75N7O11. The molecule has 0 unspecified atom stereocenters. The molecule has 0 saturated carbocycles. The average Bonchev–Trinajstić information content (AvgIpc) is 3.27. The van der Waals surface area contributed by atoms with E-state index in [2.05, 4.69) is 31.3 Å². The van der Waals surface area contributed by atoms with Crippen LogP contribution in [0.4, 0.5) is 9.59 Å². The van der Waals surface area contributed by atoms with E-state index in [1.165, 1.54) is 13.2 Å². The fraction of sp³-hybridized carbons (Fsp3) is 0.577. The van der Waals surface area contributed by atoms with Gasteiger partial charge >= 0.3 is 18.2 Å². The Morgan fingerprint density at radius 2 is 1.11 bits per heavy atom. The van der Waals surface area contributed by atoms with Gasteiger partial charge < -0.3 is 50.6 Å². The summed E-state index contributed by atoms with van der Waals surface area (Å²) in [6.07, 6.45) is 3.71. The minimum atomic E-state index is -1.19. The average molecular weight is 974 g/mol. The van der Waals surface area contributed by atoms with Crippen molar-refractivity contribution in [2.75, 3.05) is 39.8 Å². The highest BCUT2D eigenvalue weighted by atomic mass is 16.6. The number of benzene rings is 2. The van der Waals surface area contributed by atoms with Crippen LogP contribution in [-0.2, 0) is 55.8 Å². The Balaban J connectivity index is 1.52. The number of ether oxygens (including phenoxy) is 3. The Bertz CT molecular complexity index is 2120. The topological polar surface area (TPSA) is 231 Å². The first-order valence-corrected chi connectivity index (χ1v) is 24.2. The first-order chi connectivity index (χ1) is 32.9. The zero-order valence-corrected chi connectivity index (χ0v) is 42.4. The van der Waals surface area contributed by atoms with E-state index < -0.39 is 71.2 Å². The lowest BCUT2D eigenvalue weighted by atomic mass is 9.72. The molecule has 2 fully saturated rings. The molecule has 2 aliphatic rings. The third-order valence-electron chi connectivity index (χ3n) is 11.8. The summed E-state index contributed by atoms with van der Waals surface area (Å²) in [6.45, 7) is 16.3. The summed E-state index contributed by atoms with van der Waals surface area (Å²) >= 11 is 0. The number of methoxy groups -OCH3 is 1. The van der Waals surface area contributed by atoms with Gasteiger partial charge in [0.25, 0.3) is 0 Å². The summed E-state index contributed by atoms with van der Waals surface area (Å²) in [5.41, 5.74) is -0.195. The Hall–Kier alpha value is -6.46. The van der Waals surface area contributed by atoms with E-state index >= 15 is 0 Å². The first-order valence-electron chi connectivity index (χ1n) is 24.2. The van der Waals surface area contributed by atoms with Crippen molar-refractivity contribution >= 4 is 47.7 Å². The van der Waals surface area contributed by atoms with Crippen LogP contribution in [0.15, 0.2) is 72.8 Å². The number of carbonyl (C=O) groups excluding carboxylic acids is 8. The maximum Gasteiger partial charge on any atom is 0.408 e. The van der Waals surface area contributed by atoms with E-state index in [0.717, 1.165) is 17.2 Å². The van der Waals surface area contributed by atoms with Crippen molar-refractivity contribution in [3.63, 3.8) is 0 Å². The summed E-state index contributed by atoms with van der Waals surface area (Å²) in [5.74, 6) is -3.14. The van der Waals surface area contributed by atoms with Crippen molar-refractivity contribution in [3.05, 3.63) is 83.9 Å². The molecule has 4 rings (SSSR count). The number of hydrogen-bond donors (Lipinski definition) is 5. The maximum atomic E-state index is 14.5. The Kier molecular flexibility index (Phi) is 20.8. The molecule has 384 valence electrons. The number of nitrogens with one attached hydrogen (secondary N) is 5. The number of likely N-dealkylation sites (tertiary alicyclic amines) is 2. The summed E-state index contributed by atoms with van der Waals surface area (Å²) in [7, 11) is 1.24. The molecule has 18 heteroatoms. The predicted octanol–water partition coefficient (Wildman–Crippen LogP) is 4.74. The van der Waals surface area contributed by atoms with Gasteiger partial charge in [-0.25, -0.2) is 14.4 Å². The van der Waals surface area contributed by atoms with Crippen molar-refractivity contribution in [3.8, 4) is 0 Å². The van der Waals surface area contributed by atoms with Gasteiger partial charge in [0.2, 0.25) is 29.5 Å². The minimum Gasteiger partial charge on any atom is -0.466 e. The van der Waals surface area contributed by atoms with Gasteiger partial charge in [-0.15, -0.1) is 0 Å². The summed E-state index contributed by atoms with van der Waals surface area (Å²) in [6, 6.07) is 13.8. The molecule has 4 atom stereocenters. The molecule has 1 spiro atoms. The molecular weight excluding hydrogens is 899 g/mol. The standard InChI is InChI=1S/C52H75N7O11/c1-35(2)30-39(55-45(63)40(31-36-18-12-10-13-19-36)56-46(64)41(32-37-20-14-11-15-21-37)57-49(67)70-51(6,7)8)44(62)54-38(22-16-17-27-53-48(66)69-50(3,4)5)47(65)58-28-25-52(26-29-58)33-59(34-52)42(60)23-24-43(61)68-9/h10-15,18-21,23-24,35,38-41H,16-17,22,25-34H2,1-9H3,(H,53,66)(H,54,62)(H,55,63)(H,56,64)(H,57,67)/b24-23+/t38-,39-,40-,41-/m1/s1. The van der Waals surface area contributed by atoms with Crippen LogP contribution in [0.5, 0.6) is 0 Å². The predicted molar refractivity (Wildman–Crippen MR) is 263 cm³/mol. The van der Waals surface area contributed by atoms with Gasteiger partial charge in [-0.2, -0.15) is 0 Å². The number of esters is 1. The lowest BCUT2D eigenvalue weighted by molar-refractivity contribution is -0.148. The van der Waals surface area contributed by atoms with Crippen LogP contribution in [-0.4, -0.2) is 133 Å². The fourth-order valence-electron chi connectivity index (χ4n) is 8.29. The van der Waals surface area contributed by atoms with Crippen LogP contribution in [0.1, 0.15) is 105 Å². The minimum absolute atomic E-state index is 0.0595. The number of unbranched alkanes of at least 4 members (excludes halogenated alkanes) is 1. The Labute approximate surface area is 412 Å². The molecule has 2 heterocycles. The second kappa shape index (κ2) is 25.9. The van der Waals surface area contributed by atoms with Crippen LogP contribution >= 0.6 is 0 Å². The number of alkyl carbamates (subject to hydrolysis) is 2. The summed E-state index contributed by atoms with van der Waals surface area (Å²) in [4.78, 5) is 110. The molecule has 0 aromatic heterocycles. The van der Waals surface area contributed by atoms with Crippen molar-refractivity contribution in [2.24, 2.45) is 11.3 Å². The quantitative estimate of drug-likeness (QED) is 0.0497. The molecule has 18 nitrogen and oxygen atoms in total. The van der Waals surface area contributed by atoms with Crippen molar-refractivity contribution in [1.82, 2.24) is 36.4 Å². The third-order valence-corrected chi connectivity index (χ3v) is 11.8. The van der Waals surface area contributed by atoms with E-state index in [-0.39, 0.29) is 55.4 Å². The molecule has 2 aromatic carbocycles. The molecule has 2 aromatic rings. The van der Waals surface area contributed by atoms with E-state index in [0.29, 0.717) is 51.9 Å². The van der Waals surface area contributed by atoms with Crippen molar-refractivity contribution < 1.29 is 52.6 Å². The van der Waals surface area contributed by atoms with Gasteiger partial charge in [0.15, 0.2) is 0 Å². The number of carbonyl (C=O) groups is 8. The van der Waals surface area contributed by atoms with Crippen LogP contribution < -0.4 is 26.6 Å². The van der Waals surface area contributed by atoms with Gasteiger partial charge in [0.1, 0.15) is 35.4 Å². The van der Waals surface area contributed by atoms with Gasteiger partial charge in [-0.05, 0) is 97.1 Å². The smallest absolute Gasteiger partial charge is 0.408 e. The third kappa shape index (κ3) is 19.1. The van der Waals surface area contributed by atoms with Crippen molar-refractivity contribution in [1.29, 1.82) is 0 Å². The molecule has 0 aliphatic carbocycles. The summed E-state index contributed by atoms with van der Waals surface area (Å²) < 4.78 is 15.4. The van der Waals surface area contributed by atoms with Gasteiger partial charge in [-0.3, -0.25) is 24.0 Å². The second-order valence-corrected chi connectivity index (χ2v) is 20.7. The monoisotopic (exact) mass is 974 g/mol. The lowest BCUT2D eigenvalue weighted by Crippen LogP contribution is -2.63. The van der Waals surface area contributed by atoms with E-state index in [1.807, 2.05) is 74.5 Å². The number of hydrogen-bond acceptors (Lipinski definition) is 11. The van der Waals surface area contributed by atoms with Gasteiger partial charge in [-0.1, -0.05) is 74.5 Å². The lowest BCUT2D eigenvalue weighted by Gasteiger charge is -2.54. The molecule has 0 bridgehead atoms. The zero-order valence-electron chi connectivity index (χ0n) is 42.4. The molecule has 0 radical (unpaired) electrons. The van der Waals surface area contributed by atoms with E-state index in [9.17, 15) is 38.4 Å². The first kappa shape index (κ1) is 56.1. The number of piperidine rings is 1. The second-order valence-electron chi connectivity index (χ2n) is 20.7. The Morgan fingerprint density at radius 3 is 1.63 bits per heavy atom. The summed E-state index contributed by atoms with van der Waals surface area (Å²) in [5, 5.41) is 14.1. The van der Waals surface area contributed by atoms with E-state index in [1.54, 1.807) is 51.3 Å². The van der Waals surface area contributed by atoms with Crippen LogP contribution in [0.25, 0.3) is 0 Å². The number of nitrogens with zero attached hydrogens (tertiary/aromatic N) is 2. The van der Waals surface area contributed by atoms with E-state index in [4.69, 9.17) is 9.47 Å². The molecule has 2 saturated heterocycles. The highest BCUT2D eigenvalue weighted by Gasteiger charge is 2.47. The highest BCUT2D eigenvalue weighted by molar-refractivity contribution is 5.96. The van der Waals surface area contributed by atoms with Crippen LogP contribution in [0.3, 0.4) is 0 Å². The molecule has 2 aliphatic heterocycles. The van der Waals surface area contributed by atoms with Crippen molar-refractivity contribution in [2.45, 2.75) is 142 Å². The highest BCUT2D eigenvalue weighted by Crippen LogP contribution is 2.40. The molecule has 5 N–H and O–H groups in total. The SMILES string of the molecule is COC(=O)/C=C/C(=O)N1CC2(CCN(C(=O)[C@@H](CCCCNC(=O)OC(C)(C)C)NC(=O)[C@@H](CC(C)C)NC(=O)[C@@H](Cc3ccccc3)NC(=O)[C@@H](Cc3ccccc3)NC(=O)OC(C)(C)C)CC2)C1. The van der Waals surface area contributed by atoms with Crippen LogP contribution in [0, 0.1) is 11.3 Å². The van der Waals surface area contributed by atoms with Crippen LogP contribution in [0.2, 0.25) is 0 Å². The van der Waals surface area contributed by atoms with Gasteiger partial charge in [0.05, 0.1) is 7.11 Å². The number of rotatable bonds is 21. The molecule has 7 amide bonds. The largest absolute Gasteiger partial charge is 0.466 e. The fourth-order valence-corrected chi connectivity index (χ4v) is 8.29. The Morgan fingerprint density at radius 1 is 0.629 bits per heavy atom. The normalized spacial score (nSPS) is 16.2. The molecule has 70 heavy (non-hydrogen) atoms.